The van der Waals surface area contributed by atoms with E-state index in [1.807, 2.05) is 30.5 Å². The van der Waals surface area contributed by atoms with E-state index in [0.29, 0.717) is 12.1 Å². The number of aromatic hydroxyl groups is 1. The molecule has 2 heterocycles. The third kappa shape index (κ3) is 2.20. The molecule has 4 nitrogen and oxygen atoms in total. The number of rotatable bonds is 3. The Morgan fingerprint density at radius 1 is 1.16 bits per heavy atom. The standard InChI is InChI=1S/C15H12N2O2/c18-10-13-2-1-3-15-16-12(9-17(13)15)8-11-4-6-14(19)7-5-11/h1-7,9-10,19H,8H2. The highest BCUT2D eigenvalue weighted by atomic mass is 16.3. The predicted molar refractivity (Wildman–Crippen MR) is 71.5 cm³/mol. The van der Waals surface area contributed by atoms with Gasteiger partial charge in [-0.15, -0.1) is 0 Å². The molecule has 0 amide bonds. The molecule has 0 radical (unpaired) electrons. The van der Waals surface area contributed by atoms with Crippen LogP contribution in [0.1, 0.15) is 21.7 Å². The van der Waals surface area contributed by atoms with Crippen molar-refractivity contribution >= 4 is 11.9 Å². The minimum absolute atomic E-state index is 0.252. The van der Waals surface area contributed by atoms with Gasteiger partial charge in [-0.3, -0.25) is 9.20 Å². The molecule has 4 heteroatoms. The number of benzene rings is 1. The summed E-state index contributed by atoms with van der Waals surface area (Å²) < 4.78 is 1.78. The number of fused-ring (bicyclic) bond motifs is 1. The van der Waals surface area contributed by atoms with Gasteiger partial charge in [-0.2, -0.15) is 0 Å². The summed E-state index contributed by atoms with van der Waals surface area (Å²) in [5.74, 6) is 0.252. The zero-order chi connectivity index (χ0) is 13.2. The summed E-state index contributed by atoms with van der Waals surface area (Å²) in [6, 6.07) is 12.5. The summed E-state index contributed by atoms with van der Waals surface area (Å²) in [5, 5.41) is 9.25. The van der Waals surface area contributed by atoms with E-state index < -0.39 is 0 Å². The van der Waals surface area contributed by atoms with Crippen LogP contribution in [0.25, 0.3) is 5.65 Å². The van der Waals surface area contributed by atoms with Gasteiger partial charge in [0.05, 0.1) is 11.4 Å². The molecule has 0 aliphatic rings. The van der Waals surface area contributed by atoms with Gasteiger partial charge >= 0.3 is 0 Å². The SMILES string of the molecule is O=Cc1cccc2nc(Cc3ccc(O)cc3)cn12. The molecule has 0 spiro atoms. The van der Waals surface area contributed by atoms with Crippen LogP contribution in [-0.4, -0.2) is 20.8 Å². The first-order valence-electron chi connectivity index (χ1n) is 5.96. The molecule has 0 saturated heterocycles. The number of aromatic nitrogens is 2. The summed E-state index contributed by atoms with van der Waals surface area (Å²) in [5.41, 5.74) is 3.30. The number of carbonyl (C=O) groups excluding carboxylic acids is 1. The maximum Gasteiger partial charge on any atom is 0.166 e. The molecule has 0 atom stereocenters. The molecule has 3 aromatic rings. The predicted octanol–water partition coefficient (Wildman–Crippen LogP) is 2.44. The number of phenolic OH excluding ortho intramolecular Hbond substituents is 1. The maximum atomic E-state index is 10.9. The molecule has 94 valence electrons. The van der Waals surface area contributed by atoms with Crippen molar-refractivity contribution in [1.29, 1.82) is 0 Å². The number of hydrogen-bond acceptors (Lipinski definition) is 3. The van der Waals surface area contributed by atoms with Crippen LogP contribution in [0.3, 0.4) is 0 Å². The first-order chi connectivity index (χ1) is 9.26. The van der Waals surface area contributed by atoms with Crippen molar-refractivity contribution in [2.24, 2.45) is 0 Å². The van der Waals surface area contributed by atoms with E-state index in [9.17, 15) is 9.90 Å². The zero-order valence-electron chi connectivity index (χ0n) is 10.2. The van der Waals surface area contributed by atoms with Crippen molar-refractivity contribution in [2.45, 2.75) is 6.42 Å². The van der Waals surface area contributed by atoms with Gasteiger partial charge in [0.1, 0.15) is 11.4 Å². The molecule has 0 unspecified atom stereocenters. The number of pyridine rings is 1. The number of carbonyl (C=O) groups is 1. The van der Waals surface area contributed by atoms with Gasteiger partial charge in [-0.25, -0.2) is 4.98 Å². The van der Waals surface area contributed by atoms with Gasteiger partial charge in [-0.05, 0) is 29.8 Å². The van der Waals surface area contributed by atoms with Crippen molar-refractivity contribution in [2.75, 3.05) is 0 Å². The Hall–Kier alpha value is -2.62. The molecule has 0 aliphatic heterocycles. The molecular formula is C15H12N2O2. The number of phenols is 1. The zero-order valence-corrected chi connectivity index (χ0v) is 10.2. The van der Waals surface area contributed by atoms with E-state index in [0.717, 1.165) is 23.2 Å². The number of aldehydes is 1. The van der Waals surface area contributed by atoms with Crippen LogP contribution in [-0.2, 0) is 6.42 Å². The average molecular weight is 252 g/mol. The lowest BCUT2D eigenvalue weighted by molar-refractivity contribution is 0.111. The highest BCUT2D eigenvalue weighted by Crippen LogP contribution is 2.15. The summed E-state index contributed by atoms with van der Waals surface area (Å²) in [4.78, 5) is 15.4. The first-order valence-corrected chi connectivity index (χ1v) is 5.96. The van der Waals surface area contributed by atoms with Crippen molar-refractivity contribution in [3.05, 3.63) is 65.6 Å². The third-order valence-electron chi connectivity index (χ3n) is 3.02. The first kappa shape index (κ1) is 11.5. The van der Waals surface area contributed by atoms with E-state index in [4.69, 9.17) is 0 Å². The fraction of sp³-hybridized carbons (Fsp3) is 0.0667. The fourth-order valence-electron chi connectivity index (χ4n) is 2.09. The average Bonchev–Trinajstić information content (AvgIpc) is 2.83. The second kappa shape index (κ2) is 4.57. The van der Waals surface area contributed by atoms with Crippen LogP contribution >= 0.6 is 0 Å². The molecule has 1 N–H and O–H groups in total. The molecular weight excluding hydrogens is 240 g/mol. The van der Waals surface area contributed by atoms with Crippen LogP contribution in [0.2, 0.25) is 0 Å². The van der Waals surface area contributed by atoms with Gasteiger partial charge in [-0.1, -0.05) is 18.2 Å². The normalized spacial score (nSPS) is 10.7. The van der Waals surface area contributed by atoms with E-state index in [1.165, 1.54) is 0 Å². The monoisotopic (exact) mass is 252 g/mol. The lowest BCUT2D eigenvalue weighted by Crippen LogP contribution is -1.92. The second-order valence-electron chi connectivity index (χ2n) is 4.37. The Kier molecular flexibility index (Phi) is 2.76. The highest BCUT2D eigenvalue weighted by molar-refractivity contribution is 5.73. The Bertz CT molecular complexity index is 729. The van der Waals surface area contributed by atoms with Gasteiger partial charge < -0.3 is 5.11 Å². The van der Waals surface area contributed by atoms with Crippen molar-refractivity contribution < 1.29 is 9.90 Å². The van der Waals surface area contributed by atoms with E-state index in [-0.39, 0.29) is 5.75 Å². The molecule has 19 heavy (non-hydrogen) atoms. The Morgan fingerprint density at radius 3 is 2.68 bits per heavy atom. The lowest BCUT2D eigenvalue weighted by atomic mass is 10.1. The smallest absolute Gasteiger partial charge is 0.166 e. The van der Waals surface area contributed by atoms with Crippen molar-refractivity contribution in [3.8, 4) is 5.75 Å². The van der Waals surface area contributed by atoms with Crippen LogP contribution in [0.4, 0.5) is 0 Å². The Balaban J connectivity index is 1.97. The topological polar surface area (TPSA) is 54.6 Å². The fourth-order valence-corrected chi connectivity index (χ4v) is 2.09. The van der Waals surface area contributed by atoms with Crippen molar-refractivity contribution in [1.82, 2.24) is 9.38 Å². The summed E-state index contributed by atoms with van der Waals surface area (Å²) in [6.07, 6.45) is 3.35. The summed E-state index contributed by atoms with van der Waals surface area (Å²) in [6.45, 7) is 0. The summed E-state index contributed by atoms with van der Waals surface area (Å²) in [7, 11) is 0. The van der Waals surface area contributed by atoms with Crippen molar-refractivity contribution in [3.63, 3.8) is 0 Å². The van der Waals surface area contributed by atoms with E-state index in [2.05, 4.69) is 4.98 Å². The quantitative estimate of drug-likeness (QED) is 0.728. The largest absolute Gasteiger partial charge is 0.508 e. The Labute approximate surface area is 110 Å². The van der Waals surface area contributed by atoms with Crippen LogP contribution in [0, 0.1) is 0 Å². The van der Waals surface area contributed by atoms with Gasteiger partial charge in [0.25, 0.3) is 0 Å². The van der Waals surface area contributed by atoms with Gasteiger partial charge in [0, 0.05) is 12.6 Å². The van der Waals surface area contributed by atoms with E-state index in [1.54, 1.807) is 22.6 Å². The minimum Gasteiger partial charge on any atom is -0.508 e. The minimum atomic E-state index is 0.252. The molecule has 0 saturated carbocycles. The summed E-state index contributed by atoms with van der Waals surface area (Å²) >= 11 is 0. The van der Waals surface area contributed by atoms with Crippen LogP contribution < -0.4 is 0 Å². The maximum absolute atomic E-state index is 10.9. The van der Waals surface area contributed by atoms with Gasteiger partial charge in [0.15, 0.2) is 6.29 Å². The number of imidazole rings is 1. The van der Waals surface area contributed by atoms with E-state index >= 15 is 0 Å². The number of nitrogens with zero attached hydrogens (tertiary/aromatic N) is 2. The molecule has 0 fully saturated rings. The molecule has 3 rings (SSSR count). The lowest BCUT2D eigenvalue weighted by Gasteiger charge is -1.97. The molecule has 1 aromatic carbocycles. The third-order valence-corrected chi connectivity index (χ3v) is 3.02. The molecule has 2 aromatic heterocycles. The Morgan fingerprint density at radius 2 is 1.95 bits per heavy atom. The van der Waals surface area contributed by atoms with Crippen LogP contribution in [0.15, 0.2) is 48.7 Å². The van der Waals surface area contributed by atoms with Gasteiger partial charge in [0.2, 0.25) is 0 Å². The number of hydrogen-bond donors (Lipinski definition) is 1. The molecule has 0 aliphatic carbocycles. The second-order valence-corrected chi connectivity index (χ2v) is 4.37. The van der Waals surface area contributed by atoms with Crippen LogP contribution in [0.5, 0.6) is 5.75 Å². The highest BCUT2D eigenvalue weighted by Gasteiger charge is 2.05. The molecule has 0 bridgehead atoms.